The second-order valence-electron chi connectivity index (χ2n) is 4.79. The summed E-state index contributed by atoms with van der Waals surface area (Å²) in [6.45, 7) is 3.39. The second-order valence-corrected chi connectivity index (χ2v) is 4.79. The summed E-state index contributed by atoms with van der Waals surface area (Å²) in [5.41, 5.74) is -1.99. The molecule has 0 saturated heterocycles. The van der Waals surface area contributed by atoms with Crippen LogP contribution in [0.3, 0.4) is 0 Å². The first-order valence-corrected chi connectivity index (χ1v) is 5.43. The molecular weight excluding hydrogens is 254 g/mol. The quantitative estimate of drug-likeness (QED) is 0.602. The number of aromatic carboxylic acids is 1. The molecule has 8 heteroatoms. The molecule has 0 fully saturated rings. The Kier molecular flexibility index (Phi) is 4.05. The fourth-order valence-corrected chi connectivity index (χ4v) is 1.62. The monoisotopic (exact) mass is 269 g/mol. The van der Waals surface area contributed by atoms with E-state index in [-0.39, 0.29) is 12.4 Å². The fourth-order valence-electron chi connectivity index (χ4n) is 1.62. The molecular formula is C11H15N3O5. The first-order chi connectivity index (χ1) is 8.61. The maximum Gasteiger partial charge on any atom is 0.342 e. The Balaban J connectivity index is 3.15. The molecule has 0 aromatic carbocycles. The molecule has 1 heterocycles. The minimum absolute atomic E-state index is 0.205. The van der Waals surface area contributed by atoms with E-state index in [0.29, 0.717) is 0 Å². The number of carboxylic acids is 1. The molecule has 1 rings (SSSR count). The highest BCUT2D eigenvalue weighted by Crippen LogP contribution is 2.22. The first kappa shape index (κ1) is 14.8. The lowest BCUT2D eigenvalue weighted by Gasteiger charge is -2.26. The number of aliphatic hydroxyl groups is 1. The maximum absolute atomic E-state index is 11.0. The summed E-state index contributed by atoms with van der Waals surface area (Å²) in [6, 6.07) is 1.12. The molecule has 104 valence electrons. The van der Waals surface area contributed by atoms with Crippen LogP contribution in [0.5, 0.6) is 0 Å². The van der Waals surface area contributed by atoms with Gasteiger partial charge < -0.3 is 15.1 Å². The van der Waals surface area contributed by atoms with Crippen LogP contribution in [0.15, 0.2) is 12.3 Å². The van der Waals surface area contributed by atoms with Crippen molar-refractivity contribution in [2.24, 2.45) is 0 Å². The molecule has 0 aliphatic carbocycles. The highest BCUT2D eigenvalue weighted by Gasteiger charge is 2.23. The van der Waals surface area contributed by atoms with Crippen LogP contribution in [0, 0.1) is 10.1 Å². The highest BCUT2D eigenvalue weighted by molar-refractivity contribution is 5.93. The summed E-state index contributed by atoms with van der Waals surface area (Å²) in [7, 11) is 1.61. The van der Waals surface area contributed by atoms with Crippen molar-refractivity contribution in [3.05, 3.63) is 27.9 Å². The number of carbonyl (C=O) groups is 1. The number of pyridine rings is 1. The van der Waals surface area contributed by atoms with Gasteiger partial charge in [0.05, 0.1) is 10.5 Å². The van der Waals surface area contributed by atoms with E-state index in [2.05, 4.69) is 4.98 Å². The van der Waals surface area contributed by atoms with Crippen molar-refractivity contribution in [3.8, 4) is 0 Å². The number of nitro groups is 1. The average Bonchev–Trinajstić information content (AvgIpc) is 2.25. The van der Waals surface area contributed by atoms with Crippen LogP contribution in [-0.4, -0.2) is 45.3 Å². The molecule has 19 heavy (non-hydrogen) atoms. The van der Waals surface area contributed by atoms with Gasteiger partial charge in [-0.1, -0.05) is 0 Å². The van der Waals surface area contributed by atoms with E-state index < -0.39 is 27.7 Å². The van der Waals surface area contributed by atoms with E-state index in [1.54, 1.807) is 20.9 Å². The molecule has 0 atom stereocenters. The van der Waals surface area contributed by atoms with Gasteiger partial charge in [-0.05, 0) is 13.8 Å². The number of hydrogen-bond donors (Lipinski definition) is 2. The van der Waals surface area contributed by atoms with Crippen molar-refractivity contribution in [3.63, 3.8) is 0 Å². The van der Waals surface area contributed by atoms with Gasteiger partial charge in [0.1, 0.15) is 17.6 Å². The van der Waals surface area contributed by atoms with Gasteiger partial charge in [-0.15, -0.1) is 0 Å². The Hall–Kier alpha value is -2.22. The summed E-state index contributed by atoms with van der Waals surface area (Å²) >= 11 is 0. The first-order valence-electron chi connectivity index (χ1n) is 5.43. The smallest absolute Gasteiger partial charge is 0.342 e. The van der Waals surface area contributed by atoms with Gasteiger partial charge in [0.25, 0.3) is 0 Å². The third kappa shape index (κ3) is 3.88. The lowest BCUT2D eigenvalue weighted by Crippen LogP contribution is -2.36. The third-order valence-electron chi connectivity index (χ3n) is 2.31. The Bertz CT molecular complexity index is 510. The zero-order valence-electron chi connectivity index (χ0n) is 10.8. The number of likely N-dealkylation sites (N-methyl/N-ethyl adjacent to an activating group) is 1. The minimum Gasteiger partial charge on any atom is -0.477 e. The Labute approximate surface area is 109 Å². The number of carboxylic acid groups (broad SMARTS) is 1. The van der Waals surface area contributed by atoms with Crippen molar-refractivity contribution < 1.29 is 19.9 Å². The second kappa shape index (κ2) is 5.19. The largest absolute Gasteiger partial charge is 0.477 e. The molecule has 8 nitrogen and oxygen atoms in total. The summed E-state index contributed by atoms with van der Waals surface area (Å²) in [4.78, 5) is 26.2. The molecule has 0 bridgehead atoms. The maximum atomic E-state index is 11.0. The van der Waals surface area contributed by atoms with Gasteiger partial charge >= 0.3 is 11.7 Å². The predicted octanol–water partition coefficient (Wildman–Crippen LogP) is 0.895. The summed E-state index contributed by atoms with van der Waals surface area (Å²) < 4.78 is 0. The summed E-state index contributed by atoms with van der Waals surface area (Å²) in [5.74, 6) is -1.16. The van der Waals surface area contributed by atoms with Crippen molar-refractivity contribution in [1.29, 1.82) is 0 Å². The van der Waals surface area contributed by atoms with Crippen LogP contribution >= 0.6 is 0 Å². The average molecular weight is 269 g/mol. The van der Waals surface area contributed by atoms with E-state index in [0.717, 1.165) is 12.3 Å². The van der Waals surface area contributed by atoms with Crippen LogP contribution in [0.2, 0.25) is 0 Å². The normalized spacial score (nSPS) is 11.2. The summed E-state index contributed by atoms with van der Waals surface area (Å²) in [6.07, 6.45) is 0.902. The number of anilines is 1. The van der Waals surface area contributed by atoms with E-state index in [4.69, 9.17) is 5.11 Å². The van der Waals surface area contributed by atoms with Crippen molar-refractivity contribution in [2.75, 3.05) is 18.5 Å². The van der Waals surface area contributed by atoms with Gasteiger partial charge in [0, 0.05) is 19.7 Å². The van der Waals surface area contributed by atoms with Crippen LogP contribution in [0.25, 0.3) is 0 Å². The van der Waals surface area contributed by atoms with Crippen molar-refractivity contribution >= 4 is 17.5 Å². The van der Waals surface area contributed by atoms with Gasteiger partial charge in [-0.2, -0.15) is 0 Å². The molecule has 2 N–H and O–H groups in total. The van der Waals surface area contributed by atoms with Crippen LogP contribution < -0.4 is 4.90 Å². The van der Waals surface area contributed by atoms with E-state index >= 15 is 0 Å². The molecule has 0 spiro atoms. The Morgan fingerprint density at radius 3 is 2.58 bits per heavy atom. The number of hydrogen-bond acceptors (Lipinski definition) is 6. The van der Waals surface area contributed by atoms with Crippen molar-refractivity contribution in [1.82, 2.24) is 4.98 Å². The zero-order valence-corrected chi connectivity index (χ0v) is 10.8. The van der Waals surface area contributed by atoms with Gasteiger partial charge in [0.15, 0.2) is 0 Å². The van der Waals surface area contributed by atoms with Crippen LogP contribution in [0.1, 0.15) is 24.2 Å². The number of rotatable bonds is 5. The number of nitrogens with zero attached hydrogens (tertiary/aromatic N) is 3. The van der Waals surface area contributed by atoms with E-state index in [1.807, 2.05) is 0 Å². The van der Waals surface area contributed by atoms with Gasteiger partial charge in [-0.25, -0.2) is 9.78 Å². The zero-order chi connectivity index (χ0) is 14.8. The minimum atomic E-state index is -1.40. The molecule has 0 amide bonds. The molecule has 0 saturated carbocycles. The molecule has 0 unspecified atom stereocenters. The SMILES string of the molecule is CN(CC(C)(C)O)c1cc(C(=O)O)c([N+](=O)[O-])cn1. The standard InChI is InChI=1S/C11H15N3O5/c1-11(2,17)6-13(3)9-4-7(10(15)16)8(5-12-9)14(18)19/h4-5,17H,6H2,1-3H3,(H,15,16). The van der Waals surface area contributed by atoms with Crippen LogP contribution in [0.4, 0.5) is 11.5 Å². The molecule has 0 radical (unpaired) electrons. The summed E-state index contributed by atoms with van der Waals surface area (Å²) in [5, 5.41) is 29.3. The van der Waals surface area contributed by atoms with Crippen molar-refractivity contribution in [2.45, 2.75) is 19.4 Å². The topological polar surface area (TPSA) is 117 Å². The molecule has 0 aliphatic heterocycles. The van der Waals surface area contributed by atoms with Crippen LogP contribution in [-0.2, 0) is 0 Å². The van der Waals surface area contributed by atoms with Gasteiger partial charge in [-0.3, -0.25) is 10.1 Å². The third-order valence-corrected chi connectivity index (χ3v) is 2.31. The molecule has 1 aromatic heterocycles. The van der Waals surface area contributed by atoms with E-state index in [9.17, 15) is 20.0 Å². The highest BCUT2D eigenvalue weighted by atomic mass is 16.6. The van der Waals surface area contributed by atoms with Gasteiger partial charge in [0.2, 0.25) is 0 Å². The Morgan fingerprint density at radius 2 is 2.16 bits per heavy atom. The van der Waals surface area contributed by atoms with E-state index in [1.165, 1.54) is 4.90 Å². The fraction of sp³-hybridized carbons (Fsp3) is 0.455. The number of aromatic nitrogens is 1. The molecule has 0 aliphatic rings. The predicted molar refractivity (Wildman–Crippen MR) is 67.4 cm³/mol. The lowest BCUT2D eigenvalue weighted by molar-refractivity contribution is -0.385. The molecule has 1 aromatic rings. The Morgan fingerprint density at radius 1 is 1.58 bits per heavy atom. The lowest BCUT2D eigenvalue weighted by atomic mass is 10.1.